The lowest BCUT2D eigenvalue weighted by molar-refractivity contribution is -0.301. The Bertz CT molecular complexity index is 1480. The Morgan fingerprint density at radius 1 is 0.493 bits per heavy atom. The Morgan fingerprint density at radius 2 is 0.942 bits per heavy atom. The predicted molar refractivity (Wildman–Crippen MR) is 275 cm³/mol. The summed E-state index contributed by atoms with van der Waals surface area (Å²) in [7, 11) is 0. The van der Waals surface area contributed by atoms with Gasteiger partial charge in [-0.15, -0.1) is 0 Å². The van der Waals surface area contributed by atoms with Gasteiger partial charge in [-0.25, -0.2) is 4.79 Å². The van der Waals surface area contributed by atoms with Gasteiger partial charge in [-0.2, -0.15) is 0 Å². The van der Waals surface area contributed by atoms with Crippen LogP contribution in [0.15, 0.2) is 72.9 Å². The number of carboxylic acid groups (broad SMARTS) is 1. The summed E-state index contributed by atoms with van der Waals surface area (Å²) in [4.78, 5) is 50.8. The van der Waals surface area contributed by atoms with Crippen molar-refractivity contribution in [2.45, 2.75) is 250 Å². The SMILES string of the molecule is CC/C=C\C/C=C\C/C=C\C/C=C\CCC(=O)OCC(COC1OC(C(=O)O)C(O)C(O)C1OC(=O)CCCCCCC/C=C\CCCCCC)OC(=O)CCCCCCC/C=C\CCCCCC. The van der Waals surface area contributed by atoms with Crippen molar-refractivity contribution in [2.75, 3.05) is 13.2 Å². The largest absolute Gasteiger partial charge is 0.479 e. The number of ether oxygens (including phenoxy) is 5. The fourth-order valence-electron chi connectivity index (χ4n) is 7.60. The highest BCUT2D eigenvalue weighted by molar-refractivity contribution is 5.74. The number of unbranched alkanes of at least 4 members (excludes halogenated alkanes) is 18. The molecule has 1 aliphatic heterocycles. The second kappa shape index (κ2) is 45.3. The zero-order chi connectivity index (χ0) is 50.4. The third-order valence-electron chi connectivity index (χ3n) is 11.8. The lowest BCUT2D eigenvalue weighted by atomic mass is 9.98. The van der Waals surface area contributed by atoms with Gasteiger partial charge in [-0.1, -0.05) is 171 Å². The average molecular weight is 971 g/mol. The predicted octanol–water partition coefficient (Wildman–Crippen LogP) is 13.0. The number of aliphatic hydroxyl groups is 2. The van der Waals surface area contributed by atoms with Crippen LogP contribution in [0.5, 0.6) is 0 Å². The fraction of sp³-hybridized carbons (Fsp3) is 0.719. The van der Waals surface area contributed by atoms with E-state index in [4.69, 9.17) is 23.7 Å². The maximum atomic E-state index is 13.1. The maximum absolute atomic E-state index is 13.1. The van der Waals surface area contributed by atoms with E-state index < -0.39 is 67.3 Å². The minimum atomic E-state index is -1.91. The van der Waals surface area contributed by atoms with Crippen LogP contribution in [0, 0.1) is 0 Å². The molecule has 0 aromatic rings. The molecule has 1 heterocycles. The van der Waals surface area contributed by atoms with Gasteiger partial charge < -0.3 is 39.0 Å². The van der Waals surface area contributed by atoms with Crippen LogP contribution in [0.2, 0.25) is 0 Å². The Kier molecular flexibility index (Phi) is 41.5. The van der Waals surface area contributed by atoms with Crippen molar-refractivity contribution in [2.24, 2.45) is 0 Å². The second-order valence-corrected chi connectivity index (χ2v) is 18.1. The molecule has 6 atom stereocenters. The number of carboxylic acids is 1. The first kappa shape index (κ1) is 63.2. The summed E-state index contributed by atoms with van der Waals surface area (Å²) >= 11 is 0. The number of hydrogen-bond donors (Lipinski definition) is 3. The van der Waals surface area contributed by atoms with Crippen molar-refractivity contribution >= 4 is 23.9 Å². The van der Waals surface area contributed by atoms with Gasteiger partial charge >= 0.3 is 23.9 Å². The molecule has 69 heavy (non-hydrogen) atoms. The first-order chi connectivity index (χ1) is 33.6. The van der Waals surface area contributed by atoms with E-state index in [9.17, 15) is 34.5 Å². The highest BCUT2D eigenvalue weighted by Crippen LogP contribution is 2.26. The Morgan fingerprint density at radius 3 is 1.45 bits per heavy atom. The topological polar surface area (TPSA) is 175 Å². The zero-order valence-electron chi connectivity index (χ0n) is 43.0. The van der Waals surface area contributed by atoms with Crippen molar-refractivity contribution in [1.29, 1.82) is 0 Å². The highest BCUT2D eigenvalue weighted by atomic mass is 16.7. The molecule has 3 N–H and O–H groups in total. The van der Waals surface area contributed by atoms with Gasteiger partial charge in [0, 0.05) is 19.3 Å². The molecule has 12 nitrogen and oxygen atoms in total. The van der Waals surface area contributed by atoms with Crippen molar-refractivity contribution in [3.05, 3.63) is 72.9 Å². The van der Waals surface area contributed by atoms with Crippen LogP contribution in [-0.4, -0.2) is 89.2 Å². The zero-order valence-corrected chi connectivity index (χ0v) is 43.0. The monoisotopic (exact) mass is 971 g/mol. The molecular weight excluding hydrogens is 877 g/mol. The van der Waals surface area contributed by atoms with Crippen LogP contribution in [0.4, 0.5) is 0 Å². The van der Waals surface area contributed by atoms with Gasteiger partial charge in [0.25, 0.3) is 0 Å². The van der Waals surface area contributed by atoms with Crippen LogP contribution in [-0.2, 0) is 42.9 Å². The Balaban J connectivity index is 2.78. The molecule has 1 fully saturated rings. The summed E-state index contributed by atoms with van der Waals surface area (Å²) in [6, 6.07) is 0. The maximum Gasteiger partial charge on any atom is 0.335 e. The number of hydrogen-bond acceptors (Lipinski definition) is 11. The molecule has 0 aromatic carbocycles. The first-order valence-corrected chi connectivity index (χ1v) is 26.9. The van der Waals surface area contributed by atoms with Gasteiger partial charge in [0.1, 0.15) is 18.8 Å². The fourth-order valence-corrected chi connectivity index (χ4v) is 7.60. The van der Waals surface area contributed by atoms with Gasteiger partial charge in [-0.3, -0.25) is 14.4 Å². The summed E-state index contributed by atoms with van der Waals surface area (Å²) in [5.74, 6) is -3.25. The van der Waals surface area contributed by atoms with Crippen LogP contribution < -0.4 is 0 Å². The van der Waals surface area contributed by atoms with E-state index >= 15 is 0 Å². The number of carbonyl (C=O) groups excluding carboxylic acids is 3. The van der Waals surface area contributed by atoms with E-state index in [1.807, 2.05) is 12.2 Å². The average Bonchev–Trinajstić information content (AvgIpc) is 3.33. The molecule has 1 aliphatic rings. The smallest absolute Gasteiger partial charge is 0.335 e. The molecule has 0 radical (unpaired) electrons. The molecule has 0 saturated carbocycles. The van der Waals surface area contributed by atoms with Crippen molar-refractivity contribution < 1.29 is 58.2 Å². The quantitative estimate of drug-likeness (QED) is 0.0228. The number of rotatable bonds is 44. The number of carbonyl (C=O) groups is 4. The molecule has 6 unspecified atom stereocenters. The van der Waals surface area contributed by atoms with E-state index in [-0.39, 0.29) is 25.9 Å². The molecule has 12 heteroatoms. The van der Waals surface area contributed by atoms with Crippen molar-refractivity contribution in [3.63, 3.8) is 0 Å². The van der Waals surface area contributed by atoms with E-state index in [1.165, 1.54) is 51.4 Å². The first-order valence-electron chi connectivity index (χ1n) is 26.9. The molecule has 0 aliphatic carbocycles. The third-order valence-corrected chi connectivity index (χ3v) is 11.8. The molecule has 1 saturated heterocycles. The molecule has 0 aromatic heterocycles. The van der Waals surface area contributed by atoms with Gasteiger partial charge in [0.15, 0.2) is 24.6 Å². The van der Waals surface area contributed by atoms with E-state index in [1.54, 1.807) is 0 Å². The molecule has 0 amide bonds. The highest BCUT2D eigenvalue weighted by Gasteiger charge is 2.50. The standard InChI is InChI=1S/C57H94O12/c1-4-7-10-13-16-19-22-25-28-31-34-37-40-43-49(58)65-46-48(67-50(59)44-41-38-35-32-29-26-23-20-17-14-11-8-5-2)47-66-57-55(53(62)52(61)54(69-57)56(63)64)68-51(60)45-42-39-36-33-30-27-24-21-18-15-12-9-6-3/h7,10,16,19-21,23-25,28,34,37,48,52-55,57,61-62H,4-6,8-9,11-15,17-18,22,26-27,29-33,35-36,38-47H2,1-3H3,(H,63,64)/b10-7-,19-16-,23-20-,24-21-,28-25-,37-34-. The van der Waals surface area contributed by atoms with E-state index in [2.05, 4.69) is 81.5 Å². The molecule has 0 bridgehead atoms. The van der Waals surface area contributed by atoms with Crippen molar-refractivity contribution in [3.8, 4) is 0 Å². The Labute approximate surface area is 417 Å². The summed E-state index contributed by atoms with van der Waals surface area (Å²) < 4.78 is 28.2. The minimum absolute atomic E-state index is 0.0411. The summed E-state index contributed by atoms with van der Waals surface area (Å²) in [6.45, 7) is 5.74. The van der Waals surface area contributed by atoms with E-state index in [0.29, 0.717) is 19.3 Å². The van der Waals surface area contributed by atoms with Crippen LogP contribution >= 0.6 is 0 Å². The van der Waals surface area contributed by atoms with Crippen LogP contribution in [0.1, 0.15) is 213 Å². The van der Waals surface area contributed by atoms with Gasteiger partial charge in [0.05, 0.1) is 6.61 Å². The number of esters is 3. The normalized spacial score (nSPS) is 19.2. The lowest BCUT2D eigenvalue weighted by Crippen LogP contribution is -2.61. The van der Waals surface area contributed by atoms with Crippen LogP contribution in [0.25, 0.3) is 0 Å². The minimum Gasteiger partial charge on any atom is -0.479 e. The van der Waals surface area contributed by atoms with Gasteiger partial charge in [-0.05, 0) is 96.3 Å². The lowest BCUT2D eigenvalue weighted by Gasteiger charge is -2.40. The number of allylic oxidation sites excluding steroid dienone is 12. The molecule has 0 spiro atoms. The van der Waals surface area contributed by atoms with Crippen molar-refractivity contribution in [1.82, 2.24) is 0 Å². The van der Waals surface area contributed by atoms with E-state index in [0.717, 1.165) is 103 Å². The third kappa shape index (κ3) is 35.8. The van der Waals surface area contributed by atoms with Crippen LogP contribution in [0.3, 0.4) is 0 Å². The molecular formula is C57H94O12. The Hall–Kier alpha value is -3.84. The number of aliphatic carboxylic acids is 1. The van der Waals surface area contributed by atoms with Gasteiger partial charge in [0.2, 0.25) is 0 Å². The molecule has 394 valence electrons. The second-order valence-electron chi connectivity index (χ2n) is 18.1. The summed E-state index contributed by atoms with van der Waals surface area (Å²) in [5.41, 5.74) is 0. The summed E-state index contributed by atoms with van der Waals surface area (Å²) in [5, 5.41) is 31.3. The summed E-state index contributed by atoms with van der Waals surface area (Å²) in [6.07, 6.45) is 43.3. The number of aliphatic hydroxyl groups excluding tert-OH is 2. The molecule has 1 rings (SSSR count).